The van der Waals surface area contributed by atoms with Crippen LogP contribution in [-0.4, -0.2) is 45.7 Å². The van der Waals surface area contributed by atoms with Gasteiger partial charge in [-0.1, -0.05) is 23.2 Å². The highest BCUT2D eigenvalue weighted by Gasteiger charge is 2.18. The monoisotopic (exact) mass is 699 g/mol. The first-order valence-electron chi connectivity index (χ1n) is 12.2. The quantitative estimate of drug-likeness (QED) is 0.117. The van der Waals surface area contributed by atoms with Crippen LogP contribution >= 0.6 is 51.6 Å². The third-order valence-corrected chi connectivity index (χ3v) is 9.02. The van der Waals surface area contributed by atoms with E-state index in [4.69, 9.17) is 43.5 Å². The van der Waals surface area contributed by atoms with Gasteiger partial charge in [-0.2, -0.15) is 5.10 Å². The van der Waals surface area contributed by atoms with E-state index in [1.165, 1.54) is 6.07 Å². The molecule has 0 amide bonds. The molecule has 0 bridgehead atoms. The first-order chi connectivity index (χ1) is 18.8. The molecule has 39 heavy (non-hydrogen) atoms. The molecule has 1 saturated heterocycles. The number of rotatable bonds is 8. The van der Waals surface area contributed by atoms with E-state index in [0.717, 1.165) is 29.6 Å². The Morgan fingerprint density at radius 3 is 2.64 bits per heavy atom. The minimum Gasteiger partial charge on any atom is -0.486 e. The molecule has 204 valence electrons. The first kappa shape index (κ1) is 28.5. The van der Waals surface area contributed by atoms with Gasteiger partial charge in [0, 0.05) is 54.2 Å². The number of benzene rings is 2. The van der Waals surface area contributed by atoms with Crippen molar-refractivity contribution in [3.8, 4) is 5.75 Å². The fourth-order valence-corrected chi connectivity index (χ4v) is 6.74. The van der Waals surface area contributed by atoms with Crippen molar-refractivity contribution in [2.24, 2.45) is 0 Å². The van der Waals surface area contributed by atoms with Gasteiger partial charge in [-0.25, -0.2) is 8.84 Å². The van der Waals surface area contributed by atoms with Crippen molar-refractivity contribution < 1.29 is 13.9 Å². The molecule has 1 fully saturated rings. The summed E-state index contributed by atoms with van der Waals surface area (Å²) in [5, 5.41) is 6.49. The number of nitrogen functional groups attached to an aromatic ring is 1. The lowest BCUT2D eigenvalue weighted by Crippen LogP contribution is -2.35. The molecule has 2 N–H and O–H groups in total. The lowest BCUT2D eigenvalue weighted by molar-refractivity contribution is 0.0342. The summed E-state index contributed by atoms with van der Waals surface area (Å²) < 4.78 is 28.6. The summed E-state index contributed by atoms with van der Waals surface area (Å²) in [6.07, 6.45) is 6.58. The molecule has 1 aliphatic rings. The van der Waals surface area contributed by atoms with E-state index in [-0.39, 0.29) is 5.82 Å². The molecule has 0 spiro atoms. The standard InChI is InChI=1S/C27H26Cl2FIN5O2P/c1-16(27-21(28)13-33-14-22(27)29)38-19-3-5-26-20(12-19)25(34-36(26)39-31)4-2-17-11-24(32)18(10-23(17)30)15-35-6-8-37-9-7-35/h2-5,10-14,16,39H,6-9,15,32H2,1H3/b4-2+. The van der Waals surface area contributed by atoms with E-state index in [1.807, 2.05) is 29.6 Å². The number of anilines is 1. The highest BCUT2D eigenvalue weighted by atomic mass is 127. The predicted octanol–water partition coefficient (Wildman–Crippen LogP) is 7.39. The smallest absolute Gasteiger partial charge is 0.130 e. The molecule has 0 radical (unpaired) electrons. The van der Waals surface area contributed by atoms with E-state index in [2.05, 4.69) is 31.9 Å². The van der Waals surface area contributed by atoms with E-state index >= 15 is 4.39 Å². The minimum atomic E-state index is -0.404. The molecule has 3 heterocycles. The summed E-state index contributed by atoms with van der Waals surface area (Å²) in [5.74, 6) is 0.306. The number of hydrogen-bond donors (Lipinski definition) is 1. The zero-order valence-electron chi connectivity index (χ0n) is 21.0. The van der Waals surface area contributed by atoms with Crippen molar-refractivity contribution in [3.63, 3.8) is 0 Å². The summed E-state index contributed by atoms with van der Waals surface area (Å²) in [6, 6.07) is 8.97. The molecule has 2 aromatic carbocycles. The first-order valence-corrected chi connectivity index (χ1v) is 17.1. The summed E-state index contributed by atoms with van der Waals surface area (Å²) >= 11 is 14.9. The maximum atomic E-state index is 15.1. The second-order valence-electron chi connectivity index (χ2n) is 9.13. The van der Waals surface area contributed by atoms with Gasteiger partial charge in [-0.05, 0) is 77.0 Å². The van der Waals surface area contributed by atoms with Gasteiger partial charge in [-0.15, -0.1) is 0 Å². The number of nitrogens with zero attached hydrogens (tertiary/aromatic N) is 4. The van der Waals surface area contributed by atoms with Crippen molar-refractivity contribution in [2.45, 2.75) is 19.6 Å². The summed E-state index contributed by atoms with van der Waals surface area (Å²) in [5.41, 5.74) is 10.4. The van der Waals surface area contributed by atoms with E-state index in [0.29, 0.717) is 64.4 Å². The van der Waals surface area contributed by atoms with Gasteiger partial charge in [0.25, 0.3) is 0 Å². The molecule has 1 aliphatic heterocycles. The average molecular weight is 700 g/mol. The Morgan fingerprint density at radius 2 is 1.92 bits per heavy atom. The number of fused-ring (bicyclic) bond motifs is 1. The third-order valence-electron chi connectivity index (χ3n) is 6.55. The molecule has 4 aromatic rings. The van der Waals surface area contributed by atoms with Crippen molar-refractivity contribution in [2.75, 3.05) is 32.0 Å². The third kappa shape index (κ3) is 6.50. The van der Waals surface area contributed by atoms with Crippen LogP contribution in [0.2, 0.25) is 10.0 Å². The van der Waals surface area contributed by atoms with E-state index in [1.54, 1.807) is 30.6 Å². The van der Waals surface area contributed by atoms with Gasteiger partial charge in [0.1, 0.15) is 17.7 Å². The van der Waals surface area contributed by atoms with Crippen LogP contribution < -0.4 is 10.5 Å². The molecule has 0 saturated carbocycles. The Hall–Kier alpha value is -2.01. The molecule has 2 atom stereocenters. The molecule has 12 heteroatoms. The maximum absolute atomic E-state index is 15.1. The fraction of sp³-hybridized carbons (Fsp3) is 0.259. The molecular formula is C27H26Cl2FIN5O2P. The van der Waals surface area contributed by atoms with Crippen molar-refractivity contribution in [1.82, 2.24) is 19.4 Å². The summed E-state index contributed by atoms with van der Waals surface area (Å²) in [6.45, 7) is 5.45. The Labute approximate surface area is 250 Å². The van der Waals surface area contributed by atoms with Gasteiger partial charge in [0.2, 0.25) is 0 Å². The maximum Gasteiger partial charge on any atom is 0.130 e. The van der Waals surface area contributed by atoms with Crippen molar-refractivity contribution in [3.05, 3.63) is 81.0 Å². The highest BCUT2D eigenvalue weighted by molar-refractivity contribution is 14.2. The number of halogens is 4. The van der Waals surface area contributed by atoms with Crippen LogP contribution in [-0.2, 0) is 11.3 Å². The topological polar surface area (TPSA) is 78.4 Å². The van der Waals surface area contributed by atoms with Gasteiger partial charge in [0.05, 0.1) is 40.8 Å². The van der Waals surface area contributed by atoms with Crippen LogP contribution in [0.25, 0.3) is 23.1 Å². The molecule has 7 nitrogen and oxygen atoms in total. The highest BCUT2D eigenvalue weighted by Crippen LogP contribution is 2.36. The lowest BCUT2D eigenvalue weighted by Gasteiger charge is -2.27. The molecular weight excluding hydrogens is 674 g/mol. The molecule has 2 unspecified atom stereocenters. The van der Waals surface area contributed by atoms with Gasteiger partial charge < -0.3 is 15.2 Å². The Kier molecular flexibility index (Phi) is 9.26. The zero-order valence-corrected chi connectivity index (χ0v) is 25.7. The number of ether oxygens (including phenoxy) is 2. The summed E-state index contributed by atoms with van der Waals surface area (Å²) in [7, 11) is 0. The lowest BCUT2D eigenvalue weighted by atomic mass is 10.1. The van der Waals surface area contributed by atoms with Crippen LogP contribution in [0, 0.1) is 5.82 Å². The SMILES string of the molecule is CC(Oc1ccc2c(c1)c(/C=C/c1cc(N)c(CN3CCOCC3)cc1F)nn2PI)c1c(Cl)cncc1Cl. The molecule has 0 aliphatic carbocycles. The van der Waals surface area contributed by atoms with Crippen LogP contribution in [0.5, 0.6) is 5.75 Å². The van der Waals surface area contributed by atoms with Gasteiger partial charge >= 0.3 is 0 Å². The molecule has 5 rings (SSSR count). The van der Waals surface area contributed by atoms with Crippen LogP contribution in [0.3, 0.4) is 0 Å². The van der Waals surface area contributed by atoms with Crippen LogP contribution in [0.4, 0.5) is 10.1 Å². The van der Waals surface area contributed by atoms with Gasteiger partial charge in [0.15, 0.2) is 0 Å². The second kappa shape index (κ2) is 12.7. The Balaban J connectivity index is 1.41. The van der Waals surface area contributed by atoms with Crippen LogP contribution in [0.15, 0.2) is 42.7 Å². The zero-order chi connectivity index (χ0) is 27.5. The largest absolute Gasteiger partial charge is 0.486 e. The Morgan fingerprint density at radius 1 is 1.18 bits per heavy atom. The minimum absolute atomic E-state index is 0.327. The second-order valence-corrected chi connectivity index (χ2v) is 12.0. The Bertz CT molecular complexity index is 1510. The van der Waals surface area contributed by atoms with Crippen LogP contribution in [0.1, 0.15) is 35.4 Å². The molecule has 2 aromatic heterocycles. The summed E-state index contributed by atoms with van der Waals surface area (Å²) in [4.78, 5) is 6.22. The number of aromatic nitrogens is 3. The van der Waals surface area contributed by atoms with E-state index < -0.39 is 6.10 Å². The van der Waals surface area contributed by atoms with Crippen molar-refractivity contribution >= 4 is 80.4 Å². The van der Waals surface area contributed by atoms with E-state index in [9.17, 15) is 0 Å². The number of hydrogen-bond acceptors (Lipinski definition) is 6. The number of morpholine rings is 1. The normalized spacial score (nSPS) is 15.6. The predicted molar refractivity (Wildman–Crippen MR) is 167 cm³/mol. The van der Waals surface area contributed by atoms with Crippen molar-refractivity contribution in [1.29, 1.82) is 0 Å². The average Bonchev–Trinajstić information content (AvgIpc) is 3.27. The number of pyridine rings is 1. The fourth-order valence-electron chi connectivity index (χ4n) is 4.54. The number of nitrogens with two attached hydrogens (primary N) is 1. The van der Waals surface area contributed by atoms with Gasteiger partial charge in [-0.3, -0.25) is 9.88 Å².